The molecule has 1 aromatic heterocycles. The van der Waals surface area contributed by atoms with Crippen molar-refractivity contribution < 1.29 is 13.2 Å². The first kappa shape index (κ1) is 20.1. The Morgan fingerprint density at radius 2 is 1.81 bits per heavy atom. The molecule has 2 aliphatic rings. The fraction of sp³-hybridized carbons (Fsp3) is 0.375. The highest BCUT2D eigenvalue weighted by Gasteiger charge is 2.36. The standard InChI is InChI=1S/C24H25F3N4/c25-24(26,27)20-10-4-5-11-21(20)31-23-19(12-13-28-23)22(29-31)18-9-6-14-30(16-18)15-17-7-2-1-3-8-17/h1-5,7-8,10-11,18,28H,6,9,12-16H2. The number of piperidine rings is 1. The number of nitrogens with one attached hydrogen (secondary N) is 1. The van der Waals surface area contributed by atoms with Crippen LogP contribution < -0.4 is 5.32 Å². The van der Waals surface area contributed by atoms with Crippen molar-refractivity contribution in [3.63, 3.8) is 0 Å². The van der Waals surface area contributed by atoms with Crippen LogP contribution in [0.5, 0.6) is 0 Å². The summed E-state index contributed by atoms with van der Waals surface area (Å²) in [5.74, 6) is 0.942. The van der Waals surface area contributed by atoms with Crippen molar-refractivity contribution in [1.29, 1.82) is 0 Å². The van der Waals surface area contributed by atoms with Crippen LogP contribution in [0.1, 0.15) is 41.1 Å². The molecule has 3 aromatic rings. The Morgan fingerprint density at radius 3 is 2.61 bits per heavy atom. The van der Waals surface area contributed by atoms with Gasteiger partial charge >= 0.3 is 6.18 Å². The van der Waals surface area contributed by atoms with Gasteiger partial charge in [-0.1, -0.05) is 42.5 Å². The van der Waals surface area contributed by atoms with Crippen LogP contribution in [0, 0.1) is 0 Å². The van der Waals surface area contributed by atoms with Crippen LogP contribution in [-0.4, -0.2) is 34.3 Å². The van der Waals surface area contributed by atoms with Gasteiger partial charge in [0.05, 0.1) is 16.9 Å². The Hall–Kier alpha value is -2.80. The largest absolute Gasteiger partial charge is 0.418 e. The average Bonchev–Trinajstić information content (AvgIpc) is 3.37. The molecule has 1 atom stereocenters. The number of rotatable bonds is 4. The van der Waals surface area contributed by atoms with Gasteiger partial charge in [0, 0.05) is 31.1 Å². The Labute approximate surface area is 179 Å². The van der Waals surface area contributed by atoms with Gasteiger partial charge in [-0.3, -0.25) is 4.90 Å². The fourth-order valence-electron chi connectivity index (χ4n) is 4.87. The van der Waals surface area contributed by atoms with E-state index in [1.807, 2.05) is 6.07 Å². The normalized spacial score (nSPS) is 19.3. The first-order valence-electron chi connectivity index (χ1n) is 10.8. The highest BCUT2D eigenvalue weighted by molar-refractivity contribution is 5.59. The summed E-state index contributed by atoms with van der Waals surface area (Å²) in [7, 11) is 0. The van der Waals surface area contributed by atoms with E-state index in [9.17, 15) is 13.2 Å². The third-order valence-electron chi connectivity index (χ3n) is 6.26. The van der Waals surface area contributed by atoms with Crippen LogP contribution in [0.4, 0.5) is 19.0 Å². The molecule has 1 unspecified atom stereocenters. The van der Waals surface area contributed by atoms with E-state index in [2.05, 4.69) is 34.5 Å². The average molecular weight is 426 g/mol. The van der Waals surface area contributed by atoms with E-state index < -0.39 is 11.7 Å². The van der Waals surface area contributed by atoms with E-state index in [1.54, 1.807) is 6.07 Å². The monoisotopic (exact) mass is 426 g/mol. The number of alkyl halides is 3. The molecule has 2 aliphatic heterocycles. The van der Waals surface area contributed by atoms with Crippen molar-refractivity contribution in [3.8, 4) is 5.69 Å². The second-order valence-electron chi connectivity index (χ2n) is 8.38. The number of hydrogen-bond donors (Lipinski definition) is 1. The van der Waals surface area contributed by atoms with E-state index >= 15 is 0 Å². The van der Waals surface area contributed by atoms with Gasteiger partial charge in [-0.25, -0.2) is 4.68 Å². The first-order chi connectivity index (χ1) is 15.0. The summed E-state index contributed by atoms with van der Waals surface area (Å²) in [4.78, 5) is 2.43. The molecule has 0 bridgehead atoms. The molecule has 31 heavy (non-hydrogen) atoms. The van der Waals surface area contributed by atoms with Gasteiger partial charge in [-0.2, -0.15) is 18.3 Å². The number of para-hydroxylation sites is 1. The van der Waals surface area contributed by atoms with Crippen LogP contribution in [0.2, 0.25) is 0 Å². The maximum absolute atomic E-state index is 13.6. The summed E-state index contributed by atoms with van der Waals surface area (Å²) < 4.78 is 42.4. The molecule has 0 saturated carbocycles. The lowest BCUT2D eigenvalue weighted by Crippen LogP contribution is -2.34. The lowest BCUT2D eigenvalue weighted by molar-refractivity contribution is -0.137. The van der Waals surface area contributed by atoms with Crippen molar-refractivity contribution >= 4 is 5.82 Å². The molecule has 0 radical (unpaired) electrons. The number of nitrogens with zero attached hydrogens (tertiary/aromatic N) is 3. The van der Waals surface area contributed by atoms with E-state index in [1.165, 1.54) is 22.4 Å². The summed E-state index contributed by atoms with van der Waals surface area (Å²) in [6.07, 6.45) is -1.55. The zero-order valence-electron chi connectivity index (χ0n) is 17.2. The summed E-state index contributed by atoms with van der Waals surface area (Å²) in [6, 6.07) is 16.1. The summed E-state index contributed by atoms with van der Waals surface area (Å²) in [6.45, 7) is 3.52. The van der Waals surface area contributed by atoms with Crippen molar-refractivity contribution in [3.05, 3.63) is 77.0 Å². The zero-order chi connectivity index (χ0) is 21.4. The molecule has 3 heterocycles. The van der Waals surface area contributed by atoms with Crippen LogP contribution in [0.15, 0.2) is 54.6 Å². The Morgan fingerprint density at radius 1 is 1.03 bits per heavy atom. The molecular formula is C24H25F3N4. The molecule has 0 amide bonds. The molecule has 1 N–H and O–H groups in total. The maximum atomic E-state index is 13.6. The van der Waals surface area contributed by atoms with Gasteiger partial charge in [0.25, 0.3) is 0 Å². The van der Waals surface area contributed by atoms with Crippen LogP contribution >= 0.6 is 0 Å². The maximum Gasteiger partial charge on any atom is 0.418 e. The number of anilines is 1. The fourth-order valence-corrected chi connectivity index (χ4v) is 4.87. The molecule has 5 rings (SSSR count). The third kappa shape index (κ3) is 3.94. The van der Waals surface area contributed by atoms with Gasteiger partial charge in [-0.05, 0) is 43.5 Å². The Bertz CT molecular complexity index is 1060. The van der Waals surface area contributed by atoms with Crippen molar-refractivity contribution in [2.75, 3.05) is 25.0 Å². The van der Waals surface area contributed by atoms with Crippen LogP contribution in [0.3, 0.4) is 0 Å². The van der Waals surface area contributed by atoms with Crippen molar-refractivity contribution in [2.24, 2.45) is 0 Å². The SMILES string of the molecule is FC(F)(F)c1ccccc1-n1nc(C2CCCN(Cc3ccccc3)C2)c2c1NCC2. The molecule has 162 valence electrons. The quantitative estimate of drug-likeness (QED) is 0.620. The predicted molar refractivity (Wildman–Crippen MR) is 114 cm³/mol. The van der Waals surface area contributed by atoms with Crippen LogP contribution in [-0.2, 0) is 19.1 Å². The zero-order valence-corrected chi connectivity index (χ0v) is 17.2. The lowest BCUT2D eigenvalue weighted by atomic mass is 9.91. The van der Waals surface area contributed by atoms with Gasteiger partial charge in [-0.15, -0.1) is 0 Å². The Kier molecular flexibility index (Phi) is 5.22. The molecule has 1 fully saturated rings. The second kappa shape index (κ2) is 8.04. The van der Waals surface area contributed by atoms with E-state index in [-0.39, 0.29) is 11.6 Å². The number of likely N-dealkylation sites (tertiary alicyclic amines) is 1. The van der Waals surface area contributed by atoms with E-state index in [0.29, 0.717) is 5.82 Å². The van der Waals surface area contributed by atoms with Gasteiger partial charge < -0.3 is 5.32 Å². The molecule has 0 spiro atoms. The third-order valence-corrected chi connectivity index (χ3v) is 6.26. The minimum Gasteiger partial charge on any atom is -0.369 e. The molecule has 1 saturated heterocycles. The molecular weight excluding hydrogens is 401 g/mol. The summed E-state index contributed by atoms with van der Waals surface area (Å²) in [5, 5.41) is 8.04. The van der Waals surface area contributed by atoms with E-state index in [4.69, 9.17) is 5.10 Å². The highest BCUT2D eigenvalue weighted by Crippen LogP contribution is 2.39. The van der Waals surface area contributed by atoms with Gasteiger partial charge in [0.15, 0.2) is 0 Å². The lowest BCUT2D eigenvalue weighted by Gasteiger charge is -2.32. The number of halogens is 3. The number of hydrogen-bond acceptors (Lipinski definition) is 3. The second-order valence-corrected chi connectivity index (χ2v) is 8.38. The van der Waals surface area contributed by atoms with Gasteiger partial charge in [0.1, 0.15) is 5.82 Å². The molecule has 7 heteroatoms. The number of aromatic nitrogens is 2. The van der Waals surface area contributed by atoms with Gasteiger partial charge in [0.2, 0.25) is 0 Å². The number of fused-ring (bicyclic) bond motifs is 1. The smallest absolute Gasteiger partial charge is 0.369 e. The predicted octanol–water partition coefficient (Wildman–Crippen LogP) is 5.24. The van der Waals surface area contributed by atoms with Crippen LogP contribution in [0.25, 0.3) is 5.69 Å². The van der Waals surface area contributed by atoms with E-state index in [0.717, 1.165) is 62.8 Å². The Balaban J connectivity index is 1.47. The minimum atomic E-state index is -4.43. The highest BCUT2D eigenvalue weighted by atomic mass is 19.4. The molecule has 2 aromatic carbocycles. The minimum absolute atomic E-state index is 0.0869. The van der Waals surface area contributed by atoms with Crippen molar-refractivity contribution in [1.82, 2.24) is 14.7 Å². The topological polar surface area (TPSA) is 33.1 Å². The summed E-state index contributed by atoms with van der Waals surface area (Å²) in [5.41, 5.74) is 2.73. The first-order valence-corrected chi connectivity index (χ1v) is 10.8. The number of benzene rings is 2. The van der Waals surface area contributed by atoms with Crippen molar-refractivity contribution in [2.45, 2.75) is 37.9 Å². The molecule has 4 nitrogen and oxygen atoms in total. The molecule has 0 aliphatic carbocycles. The summed E-state index contributed by atoms with van der Waals surface area (Å²) >= 11 is 0.